The highest BCUT2D eigenvalue weighted by molar-refractivity contribution is 5.94. The number of nitrogens with one attached hydrogen (secondary N) is 2. The van der Waals surface area contributed by atoms with Gasteiger partial charge in [0.05, 0.1) is 17.7 Å². The van der Waals surface area contributed by atoms with Gasteiger partial charge in [0.2, 0.25) is 0 Å². The second-order valence-electron chi connectivity index (χ2n) is 6.13. The quantitative estimate of drug-likeness (QED) is 0.763. The number of benzene rings is 1. The third-order valence-electron chi connectivity index (χ3n) is 4.08. The smallest absolute Gasteiger partial charge is 0.305 e. The highest BCUT2D eigenvalue weighted by Gasteiger charge is 2.33. The van der Waals surface area contributed by atoms with Crippen molar-refractivity contribution in [3.63, 3.8) is 0 Å². The number of hydrogen-bond acceptors (Lipinski definition) is 3. The van der Waals surface area contributed by atoms with Gasteiger partial charge in [0.15, 0.2) is 0 Å². The Balaban J connectivity index is 2.17. The summed E-state index contributed by atoms with van der Waals surface area (Å²) in [6, 6.07) is 11.2. The average Bonchev–Trinajstić information content (AvgIpc) is 2.97. The molecular formula is C17H21N3O3. The fourth-order valence-corrected chi connectivity index (χ4v) is 2.23. The van der Waals surface area contributed by atoms with Gasteiger partial charge >= 0.3 is 5.97 Å². The molecule has 6 nitrogen and oxygen atoms in total. The van der Waals surface area contributed by atoms with Gasteiger partial charge in [-0.15, -0.1) is 0 Å². The number of carbonyl (C=O) groups excluding carboxylic acids is 1. The van der Waals surface area contributed by atoms with Crippen LogP contribution in [0.5, 0.6) is 0 Å². The van der Waals surface area contributed by atoms with E-state index in [1.807, 2.05) is 44.2 Å². The number of aliphatic carboxylic acids is 1. The zero-order chi connectivity index (χ0) is 17.0. The number of aromatic nitrogens is 2. The van der Waals surface area contributed by atoms with Crippen LogP contribution in [0, 0.1) is 5.92 Å². The Morgan fingerprint density at radius 2 is 1.96 bits per heavy atom. The summed E-state index contributed by atoms with van der Waals surface area (Å²) in [7, 11) is 0. The number of carboxylic acid groups (broad SMARTS) is 1. The van der Waals surface area contributed by atoms with Crippen LogP contribution in [-0.2, 0) is 4.79 Å². The van der Waals surface area contributed by atoms with Crippen molar-refractivity contribution in [1.29, 1.82) is 0 Å². The molecule has 0 radical (unpaired) electrons. The molecule has 3 N–H and O–H groups in total. The SMILES string of the molecule is CC(C)C(C)(CC(=O)O)NC(=O)c1cc(-c2ccccc2)n[nH]1. The molecular weight excluding hydrogens is 294 g/mol. The number of nitrogens with zero attached hydrogens (tertiary/aromatic N) is 1. The lowest BCUT2D eigenvalue weighted by Gasteiger charge is -2.33. The molecule has 0 bridgehead atoms. The maximum Gasteiger partial charge on any atom is 0.305 e. The summed E-state index contributed by atoms with van der Waals surface area (Å²) in [5, 5.41) is 18.7. The van der Waals surface area contributed by atoms with Gasteiger partial charge in [0.25, 0.3) is 5.91 Å². The van der Waals surface area contributed by atoms with Crippen molar-refractivity contribution < 1.29 is 14.7 Å². The Morgan fingerprint density at radius 1 is 1.30 bits per heavy atom. The molecule has 1 atom stereocenters. The van der Waals surface area contributed by atoms with Crippen molar-refractivity contribution in [2.24, 2.45) is 5.92 Å². The Bertz CT molecular complexity index is 694. The molecule has 122 valence electrons. The summed E-state index contributed by atoms with van der Waals surface area (Å²) in [5.41, 5.74) is 1.04. The van der Waals surface area contributed by atoms with Crippen LogP contribution in [0.4, 0.5) is 0 Å². The standard InChI is InChI=1S/C17H21N3O3/c1-11(2)17(3,10-15(21)22)18-16(23)14-9-13(19-20-14)12-7-5-4-6-8-12/h4-9,11H,10H2,1-3H3,(H,18,23)(H,19,20)(H,21,22). The van der Waals surface area contributed by atoms with E-state index < -0.39 is 11.5 Å². The van der Waals surface area contributed by atoms with Crippen molar-refractivity contribution in [1.82, 2.24) is 15.5 Å². The Hall–Kier alpha value is -2.63. The minimum Gasteiger partial charge on any atom is -0.481 e. The maximum absolute atomic E-state index is 12.4. The van der Waals surface area contributed by atoms with Crippen LogP contribution in [0.1, 0.15) is 37.7 Å². The molecule has 1 amide bonds. The number of amides is 1. The predicted octanol–water partition coefficient (Wildman–Crippen LogP) is 2.70. The lowest BCUT2D eigenvalue weighted by Crippen LogP contribution is -2.51. The molecule has 1 unspecified atom stereocenters. The normalized spacial score (nSPS) is 13.6. The number of aromatic amines is 1. The molecule has 0 aliphatic rings. The molecule has 0 aliphatic heterocycles. The van der Waals surface area contributed by atoms with Crippen LogP contribution >= 0.6 is 0 Å². The molecule has 2 rings (SSSR count). The third kappa shape index (κ3) is 3.97. The fraction of sp³-hybridized carbons (Fsp3) is 0.353. The van der Waals surface area contributed by atoms with E-state index in [1.54, 1.807) is 13.0 Å². The van der Waals surface area contributed by atoms with Gasteiger partial charge in [0, 0.05) is 5.56 Å². The Morgan fingerprint density at radius 3 is 2.52 bits per heavy atom. The highest BCUT2D eigenvalue weighted by Crippen LogP contribution is 2.22. The molecule has 0 spiro atoms. The van der Waals surface area contributed by atoms with Gasteiger partial charge in [-0.25, -0.2) is 0 Å². The third-order valence-corrected chi connectivity index (χ3v) is 4.08. The van der Waals surface area contributed by atoms with Crippen LogP contribution in [0.2, 0.25) is 0 Å². The highest BCUT2D eigenvalue weighted by atomic mass is 16.4. The molecule has 0 fully saturated rings. The second-order valence-corrected chi connectivity index (χ2v) is 6.13. The van der Waals surface area contributed by atoms with E-state index in [9.17, 15) is 9.59 Å². The van der Waals surface area contributed by atoms with Gasteiger partial charge in [-0.2, -0.15) is 5.10 Å². The topological polar surface area (TPSA) is 95.1 Å². The van der Waals surface area contributed by atoms with E-state index in [-0.39, 0.29) is 18.2 Å². The minimum absolute atomic E-state index is 0.0286. The number of carboxylic acids is 1. The predicted molar refractivity (Wildman–Crippen MR) is 87.0 cm³/mol. The number of H-pyrrole nitrogens is 1. The zero-order valence-electron chi connectivity index (χ0n) is 13.5. The number of rotatable bonds is 6. The average molecular weight is 315 g/mol. The fourth-order valence-electron chi connectivity index (χ4n) is 2.23. The Kier molecular flexibility index (Phi) is 4.83. The maximum atomic E-state index is 12.4. The first-order valence-electron chi connectivity index (χ1n) is 7.47. The van der Waals surface area contributed by atoms with Crippen molar-refractivity contribution in [3.8, 4) is 11.3 Å². The summed E-state index contributed by atoms with van der Waals surface area (Å²) in [6.07, 6.45) is -0.143. The van der Waals surface area contributed by atoms with Gasteiger partial charge in [0.1, 0.15) is 5.69 Å². The molecule has 23 heavy (non-hydrogen) atoms. The molecule has 6 heteroatoms. The number of carbonyl (C=O) groups is 2. The van der Waals surface area contributed by atoms with Gasteiger partial charge in [-0.3, -0.25) is 14.7 Å². The minimum atomic E-state index is -0.948. The van der Waals surface area contributed by atoms with E-state index in [0.717, 1.165) is 5.56 Å². The van der Waals surface area contributed by atoms with Gasteiger partial charge in [-0.05, 0) is 18.9 Å². The summed E-state index contributed by atoms with van der Waals surface area (Å²) < 4.78 is 0. The first-order chi connectivity index (χ1) is 10.8. The van der Waals surface area contributed by atoms with Gasteiger partial charge in [-0.1, -0.05) is 44.2 Å². The summed E-state index contributed by atoms with van der Waals surface area (Å²) in [6.45, 7) is 5.50. The van der Waals surface area contributed by atoms with Crippen LogP contribution < -0.4 is 5.32 Å². The number of hydrogen-bond donors (Lipinski definition) is 3. The van der Waals surface area contributed by atoms with E-state index in [4.69, 9.17) is 5.11 Å². The van der Waals surface area contributed by atoms with E-state index in [2.05, 4.69) is 15.5 Å². The summed E-state index contributed by atoms with van der Waals surface area (Å²) in [5.74, 6) is -1.34. The molecule has 1 aromatic carbocycles. The van der Waals surface area contributed by atoms with E-state index in [1.165, 1.54) is 0 Å². The van der Waals surface area contributed by atoms with Crippen molar-refractivity contribution in [3.05, 3.63) is 42.1 Å². The molecule has 0 saturated carbocycles. The van der Waals surface area contributed by atoms with Crippen molar-refractivity contribution >= 4 is 11.9 Å². The molecule has 1 heterocycles. The van der Waals surface area contributed by atoms with Crippen LogP contribution in [0.15, 0.2) is 36.4 Å². The molecule has 0 saturated heterocycles. The largest absolute Gasteiger partial charge is 0.481 e. The summed E-state index contributed by atoms with van der Waals surface area (Å²) >= 11 is 0. The van der Waals surface area contributed by atoms with E-state index >= 15 is 0 Å². The van der Waals surface area contributed by atoms with Crippen molar-refractivity contribution in [2.45, 2.75) is 32.7 Å². The lowest BCUT2D eigenvalue weighted by molar-refractivity contribution is -0.138. The summed E-state index contributed by atoms with van der Waals surface area (Å²) in [4.78, 5) is 23.5. The van der Waals surface area contributed by atoms with Crippen molar-refractivity contribution in [2.75, 3.05) is 0 Å². The first-order valence-corrected chi connectivity index (χ1v) is 7.47. The van der Waals surface area contributed by atoms with Gasteiger partial charge < -0.3 is 10.4 Å². The lowest BCUT2D eigenvalue weighted by atomic mass is 9.85. The van der Waals surface area contributed by atoms with Crippen LogP contribution in [0.25, 0.3) is 11.3 Å². The zero-order valence-corrected chi connectivity index (χ0v) is 13.5. The monoisotopic (exact) mass is 315 g/mol. The first kappa shape index (κ1) is 16.7. The molecule has 0 aliphatic carbocycles. The van der Waals surface area contributed by atoms with E-state index in [0.29, 0.717) is 11.4 Å². The second kappa shape index (κ2) is 6.64. The molecule has 2 aromatic rings. The van der Waals surface area contributed by atoms with Crippen LogP contribution in [0.3, 0.4) is 0 Å². The van der Waals surface area contributed by atoms with Crippen LogP contribution in [-0.4, -0.2) is 32.7 Å². The molecule has 1 aromatic heterocycles. The Labute approximate surface area is 134 Å².